The predicted octanol–water partition coefficient (Wildman–Crippen LogP) is 3.64. The highest BCUT2D eigenvalue weighted by atomic mass is 35.5. The maximum Gasteiger partial charge on any atom is 0.223 e. The Kier molecular flexibility index (Phi) is 5.07. The Morgan fingerprint density at radius 1 is 1.12 bits per heavy atom. The molecule has 0 fully saturated rings. The quantitative estimate of drug-likeness (QED) is 0.924. The van der Waals surface area contributed by atoms with Crippen LogP contribution < -0.4 is 9.80 Å². The average molecular weight is 345 g/mol. The van der Waals surface area contributed by atoms with E-state index < -0.39 is 6.10 Å². The van der Waals surface area contributed by atoms with Crippen LogP contribution >= 0.6 is 11.6 Å². The monoisotopic (exact) mass is 344 g/mol. The van der Waals surface area contributed by atoms with Gasteiger partial charge in [-0.2, -0.15) is 0 Å². The molecule has 0 saturated heterocycles. The number of carbonyl (C=O) groups excluding carboxylic acids is 1. The summed E-state index contributed by atoms with van der Waals surface area (Å²) in [7, 11) is 0. The van der Waals surface area contributed by atoms with Gasteiger partial charge in [0.05, 0.1) is 17.5 Å². The van der Waals surface area contributed by atoms with E-state index in [2.05, 4.69) is 4.90 Å². The van der Waals surface area contributed by atoms with Gasteiger partial charge in [-0.25, -0.2) is 0 Å². The molecule has 24 heavy (non-hydrogen) atoms. The number of benzene rings is 2. The Morgan fingerprint density at radius 2 is 1.79 bits per heavy atom. The van der Waals surface area contributed by atoms with Crippen LogP contribution in [0.2, 0.25) is 5.02 Å². The van der Waals surface area contributed by atoms with Crippen molar-refractivity contribution in [2.45, 2.75) is 19.4 Å². The lowest BCUT2D eigenvalue weighted by atomic mass is 10.1. The summed E-state index contributed by atoms with van der Waals surface area (Å²) in [6, 6.07) is 15.2. The second kappa shape index (κ2) is 7.24. The van der Waals surface area contributed by atoms with Gasteiger partial charge in [-0.1, -0.05) is 41.9 Å². The van der Waals surface area contributed by atoms with Crippen LogP contribution in [-0.4, -0.2) is 30.6 Å². The number of carbonyl (C=O) groups is 1. The van der Waals surface area contributed by atoms with Gasteiger partial charge >= 0.3 is 0 Å². The van der Waals surface area contributed by atoms with Crippen LogP contribution in [0.25, 0.3) is 0 Å². The molecule has 4 nitrogen and oxygen atoms in total. The van der Waals surface area contributed by atoms with Crippen molar-refractivity contribution in [3.05, 3.63) is 59.1 Å². The number of halogens is 1. The number of anilines is 2. The molecule has 1 N–H and O–H groups in total. The molecule has 0 aromatic heterocycles. The van der Waals surface area contributed by atoms with Crippen molar-refractivity contribution in [3.63, 3.8) is 0 Å². The first kappa shape index (κ1) is 16.8. The van der Waals surface area contributed by atoms with Crippen LogP contribution in [0.3, 0.4) is 0 Å². The van der Waals surface area contributed by atoms with Gasteiger partial charge < -0.3 is 14.9 Å². The molecule has 0 bridgehead atoms. The van der Waals surface area contributed by atoms with Gasteiger partial charge in [0.2, 0.25) is 5.91 Å². The largest absolute Gasteiger partial charge is 0.387 e. The van der Waals surface area contributed by atoms with E-state index in [1.54, 1.807) is 17.9 Å². The minimum absolute atomic E-state index is 0.0379. The smallest absolute Gasteiger partial charge is 0.223 e. The summed E-state index contributed by atoms with van der Waals surface area (Å²) in [5.74, 6) is 0.0379. The molecule has 2 aromatic carbocycles. The fourth-order valence-corrected chi connectivity index (χ4v) is 3.45. The number of aliphatic hydroxyl groups excluding tert-OH is 1. The van der Waals surface area contributed by atoms with E-state index >= 15 is 0 Å². The molecule has 1 heterocycles. The van der Waals surface area contributed by atoms with Crippen molar-refractivity contribution < 1.29 is 9.90 Å². The molecule has 5 heteroatoms. The van der Waals surface area contributed by atoms with Crippen LogP contribution in [0.5, 0.6) is 0 Å². The Labute approximate surface area is 147 Å². The third kappa shape index (κ3) is 3.40. The Bertz CT molecular complexity index is 735. The highest BCUT2D eigenvalue weighted by Crippen LogP contribution is 2.34. The molecule has 1 unspecified atom stereocenters. The molecular weight excluding hydrogens is 324 g/mol. The predicted molar refractivity (Wildman–Crippen MR) is 97.7 cm³/mol. The highest BCUT2D eigenvalue weighted by molar-refractivity contribution is 6.31. The Morgan fingerprint density at radius 3 is 2.50 bits per heavy atom. The van der Waals surface area contributed by atoms with E-state index in [0.717, 1.165) is 29.9 Å². The zero-order chi connectivity index (χ0) is 17.1. The van der Waals surface area contributed by atoms with E-state index in [0.29, 0.717) is 18.1 Å². The summed E-state index contributed by atoms with van der Waals surface area (Å²) in [4.78, 5) is 15.9. The molecular formula is C19H21ClN2O2. The third-order valence-electron chi connectivity index (χ3n) is 4.36. The summed E-state index contributed by atoms with van der Waals surface area (Å²) in [6.07, 6.45) is 0.166. The van der Waals surface area contributed by atoms with Crippen molar-refractivity contribution in [2.75, 3.05) is 29.4 Å². The molecule has 0 aliphatic carbocycles. The fourth-order valence-electron chi connectivity index (χ4n) is 3.19. The van der Waals surface area contributed by atoms with E-state index in [-0.39, 0.29) is 5.91 Å². The second-order valence-electron chi connectivity index (χ2n) is 6.00. The molecule has 1 aliphatic rings. The number of β-amino-alcohol motifs (C(OH)–C–C–N with tert-alkyl or cyclic N) is 1. The van der Waals surface area contributed by atoms with E-state index in [1.165, 1.54) is 0 Å². The lowest BCUT2D eigenvalue weighted by Crippen LogP contribution is -2.29. The van der Waals surface area contributed by atoms with Crippen molar-refractivity contribution in [1.29, 1.82) is 0 Å². The normalized spacial score (nSPS) is 15.6. The number of hydrogen-bond acceptors (Lipinski definition) is 3. The molecule has 1 atom stereocenters. The standard InChI is InChI=1S/C19H21ClN2O2/c1-14(23)22-12-6-11-21(17-9-4-5-10-18(17)22)13-19(24)15-7-2-3-8-16(15)20/h2-5,7-10,19,24H,6,11-13H2,1H3. The van der Waals surface area contributed by atoms with Gasteiger partial charge in [0.15, 0.2) is 0 Å². The van der Waals surface area contributed by atoms with Crippen molar-refractivity contribution in [2.24, 2.45) is 0 Å². The summed E-state index contributed by atoms with van der Waals surface area (Å²) >= 11 is 6.20. The molecule has 3 rings (SSSR count). The van der Waals surface area contributed by atoms with Gasteiger partial charge in [-0.05, 0) is 24.6 Å². The minimum atomic E-state index is -0.685. The van der Waals surface area contributed by atoms with Crippen LogP contribution in [-0.2, 0) is 4.79 Å². The topological polar surface area (TPSA) is 43.8 Å². The first-order valence-corrected chi connectivity index (χ1v) is 8.50. The number of amides is 1. The number of hydrogen-bond donors (Lipinski definition) is 1. The molecule has 2 aromatic rings. The van der Waals surface area contributed by atoms with Gasteiger partial charge in [0.1, 0.15) is 0 Å². The van der Waals surface area contributed by atoms with Crippen molar-refractivity contribution in [1.82, 2.24) is 0 Å². The second-order valence-corrected chi connectivity index (χ2v) is 6.40. The molecule has 0 radical (unpaired) electrons. The van der Waals surface area contributed by atoms with Crippen molar-refractivity contribution in [3.8, 4) is 0 Å². The van der Waals surface area contributed by atoms with Crippen LogP contribution in [0, 0.1) is 0 Å². The minimum Gasteiger partial charge on any atom is -0.387 e. The van der Waals surface area contributed by atoms with E-state index in [4.69, 9.17) is 11.6 Å². The van der Waals surface area contributed by atoms with E-state index in [9.17, 15) is 9.90 Å². The maximum atomic E-state index is 11.9. The first-order chi connectivity index (χ1) is 11.6. The first-order valence-electron chi connectivity index (χ1n) is 8.12. The van der Waals surface area contributed by atoms with Gasteiger partial charge in [-0.3, -0.25) is 4.79 Å². The summed E-state index contributed by atoms with van der Waals surface area (Å²) in [5, 5.41) is 11.2. The highest BCUT2D eigenvalue weighted by Gasteiger charge is 2.24. The van der Waals surface area contributed by atoms with Crippen LogP contribution in [0.4, 0.5) is 11.4 Å². The number of nitrogens with zero attached hydrogens (tertiary/aromatic N) is 2. The van der Waals surface area contributed by atoms with Crippen LogP contribution in [0.1, 0.15) is 25.0 Å². The maximum absolute atomic E-state index is 11.9. The molecule has 0 spiro atoms. The summed E-state index contributed by atoms with van der Waals surface area (Å²) in [6.45, 7) is 3.49. The Balaban J connectivity index is 1.89. The lowest BCUT2D eigenvalue weighted by molar-refractivity contribution is -0.116. The fraction of sp³-hybridized carbons (Fsp3) is 0.316. The SMILES string of the molecule is CC(=O)N1CCCN(CC(O)c2ccccc2Cl)c2ccccc21. The molecule has 1 amide bonds. The summed E-state index contributed by atoms with van der Waals surface area (Å²) < 4.78 is 0. The van der Waals surface area contributed by atoms with Gasteiger partial charge in [-0.15, -0.1) is 0 Å². The van der Waals surface area contributed by atoms with Crippen LogP contribution in [0.15, 0.2) is 48.5 Å². The number of para-hydroxylation sites is 2. The zero-order valence-corrected chi connectivity index (χ0v) is 14.4. The number of rotatable bonds is 3. The molecule has 126 valence electrons. The Hall–Kier alpha value is -2.04. The lowest BCUT2D eigenvalue weighted by Gasteiger charge is -2.28. The zero-order valence-electron chi connectivity index (χ0n) is 13.7. The van der Waals surface area contributed by atoms with Crippen molar-refractivity contribution >= 4 is 28.9 Å². The molecule has 0 saturated carbocycles. The van der Waals surface area contributed by atoms with Gasteiger partial charge in [0.25, 0.3) is 0 Å². The van der Waals surface area contributed by atoms with E-state index in [1.807, 2.05) is 42.5 Å². The number of fused-ring (bicyclic) bond motifs is 1. The average Bonchev–Trinajstić information content (AvgIpc) is 2.75. The third-order valence-corrected chi connectivity index (χ3v) is 4.70. The van der Waals surface area contributed by atoms with Gasteiger partial charge in [0, 0.05) is 37.1 Å². The summed E-state index contributed by atoms with van der Waals surface area (Å²) in [5.41, 5.74) is 2.59. The number of aliphatic hydroxyl groups is 1. The molecule has 1 aliphatic heterocycles.